The molecule has 0 bridgehead atoms. The highest BCUT2D eigenvalue weighted by Crippen LogP contribution is 2.17. The molecule has 0 N–H and O–H groups in total. The van der Waals surface area contributed by atoms with Gasteiger partial charge in [-0.05, 0) is 18.2 Å². The van der Waals surface area contributed by atoms with Gasteiger partial charge in [-0.15, -0.1) is 0 Å². The number of hydrogen-bond donors (Lipinski definition) is 0. The molecule has 0 fully saturated rings. The molecule has 2 heterocycles. The van der Waals surface area contributed by atoms with Crippen LogP contribution in [0, 0.1) is 5.82 Å². The standard InChI is InChI=1S/C12H9FN4O/c13-10-3-1-2-9(6-10)12-15-11(16-18-12)7-17-5-4-14-8-17/h1-6,8H,7H2. The Morgan fingerprint density at radius 3 is 3.06 bits per heavy atom. The van der Waals surface area contributed by atoms with E-state index in [1.165, 1.54) is 12.1 Å². The van der Waals surface area contributed by atoms with Crippen molar-refractivity contribution in [1.82, 2.24) is 19.7 Å². The first kappa shape index (κ1) is 10.6. The van der Waals surface area contributed by atoms with Crippen molar-refractivity contribution in [3.05, 3.63) is 54.6 Å². The lowest BCUT2D eigenvalue weighted by molar-refractivity contribution is 0.420. The summed E-state index contributed by atoms with van der Waals surface area (Å²) in [5.41, 5.74) is 0.569. The van der Waals surface area contributed by atoms with Crippen molar-refractivity contribution < 1.29 is 8.91 Å². The van der Waals surface area contributed by atoms with Gasteiger partial charge < -0.3 is 9.09 Å². The van der Waals surface area contributed by atoms with Crippen LogP contribution in [0.1, 0.15) is 5.82 Å². The second kappa shape index (κ2) is 4.40. The van der Waals surface area contributed by atoms with Gasteiger partial charge in [-0.25, -0.2) is 9.37 Å². The Balaban J connectivity index is 1.85. The molecular formula is C12H9FN4O. The lowest BCUT2D eigenvalue weighted by Gasteiger charge is -1.94. The van der Waals surface area contributed by atoms with Crippen LogP contribution in [0.15, 0.2) is 47.5 Å². The third kappa shape index (κ3) is 2.13. The fraction of sp³-hybridized carbons (Fsp3) is 0.0833. The van der Waals surface area contributed by atoms with E-state index in [2.05, 4.69) is 15.1 Å². The van der Waals surface area contributed by atoms with E-state index in [9.17, 15) is 4.39 Å². The van der Waals surface area contributed by atoms with Gasteiger partial charge in [0.1, 0.15) is 5.82 Å². The van der Waals surface area contributed by atoms with Crippen LogP contribution in [0.25, 0.3) is 11.5 Å². The molecule has 0 saturated carbocycles. The van der Waals surface area contributed by atoms with Crippen LogP contribution in [0.5, 0.6) is 0 Å². The smallest absolute Gasteiger partial charge is 0.258 e. The van der Waals surface area contributed by atoms with E-state index >= 15 is 0 Å². The monoisotopic (exact) mass is 244 g/mol. The summed E-state index contributed by atoms with van der Waals surface area (Å²) in [5, 5.41) is 3.84. The first-order valence-corrected chi connectivity index (χ1v) is 5.35. The van der Waals surface area contributed by atoms with E-state index in [1.807, 2.05) is 4.57 Å². The molecule has 90 valence electrons. The molecule has 3 rings (SSSR count). The van der Waals surface area contributed by atoms with Gasteiger partial charge in [0, 0.05) is 18.0 Å². The third-order valence-corrected chi connectivity index (χ3v) is 2.42. The minimum Gasteiger partial charge on any atom is -0.334 e. The Bertz CT molecular complexity index is 648. The van der Waals surface area contributed by atoms with Crippen molar-refractivity contribution in [1.29, 1.82) is 0 Å². The highest BCUT2D eigenvalue weighted by Gasteiger charge is 2.09. The molecule has 0 unspecified atom stereocenters. The minimum absolute atomic E-state index is 0.310. The largest absolute Gasteiger partial charge is 0.334 e. The van der Waals surface area contributed by atoms with Gasteiger partial charge in [0.05, 0.1) is 12.9 Å². The molecule has 2 aromatic heterocycles. The zero-order valence-corrected chi connectivity index (χ0v) is 9.32. The summed E-state index contributed by atoms with van der Waals surface area (Å²) < 4.78 is 20.0. The Labute approximate surface area is 102 Å². The van der Waals surface area contributed by atoms with E-state index in [0.717, 1.165) is 0 Å². The third-order valence-electron chi connectivity index (χ3n) is 2.42. The number of aromatic nitrogens is 4. The van der Waals surface area contributed by atoms with Gasteiger partial charge in [-0.2, -0.15) is 4.98 Å². The SMILES string of the molecule is Fc1cccc(-c2nc(Cn3ccnc3)no2)c1. The molecule has 0 spiro atoms. The minimum atomic E-state index is -0.332. The molecule has 1 aromatic carbocycles. The summed E-state index contributed by atoms with van der Waals surface area (Å²) in [7, 11) is 0. The molecule has 0 atom stereocenters. The quantitative estimate of drug-likeness (QED) is 0.708. The molecule has 0 aliphatic heterocycles. The zero-order chi connectivity index (χ0) is 12.4. The number of halogens is 1. The molecule has 0 radical (unpaired) electrons. The predicted octanol–water partition coefficient (Wildman–Crippen LogP) is 2.12. The van der Waals surface area contributed by atoms with E-state index in [0.29, 0.717) is 23.8 Å². The second-order valence-corrected chi connectivity index (χ2v) is 3.76. The second-order valence-electron chi connectivity index (χ2n) is 3.76. The van der Waals surface area contributed by atoms with Crippen molar-refractivity contribution in [3.8, 4) is 11.5 Å². The van der Waals surface area contributed by atoms with Crippen molar-refractivity contribution in [2.24, 2.45) is 0 Å². The lowest BCUT2D eigenvalue weighted by Crippen LogP contribution is -1.98. The van der Waals surface area contributed by atoms with E-state index in [4.69, 9.17) is 4.52 Å². The topological polar surface area (TPSA) is 56.7 Å². The number of benzene rings is 1. The summed E-state index contributed by atoms with van der Waals surface area (Å²) in [6.07, 6.45) is 5.14. The van der Waals surface area contributed by atoms with Gasteiger partial charge >= 0.3 is 0 Å². The van der Waals surface area contributed by atoms with Gasteiger partial charge in [0.2, 0.25) is 0 Å². The Hall–Kier alpha value is -2.50. The van der Waals surface area contributed by atoms with Crippen LogP contribution < -0.4 is 0 Å². The Kier molecular flexibility index (Phi) is 2.60. The molecule has 18 heavy (non-hydrogen) atoms. The Morgan fingerprint density at radius 1 is 1.33 bits per heavy atom. The fourth-order valence-corrected chi connectivity index (χ4v) is 1.60. The van der Waals surface area contributed by atoms with Gasteiger partial charge in [0.25, 0.3) is 5.89 Å². The molecule has 0 aliphatic rings. The zero-order valence-electron chi connectivity index (χ0n) is 9.32. The highest BCUT2D eigenvalue weighted by atomic mass is 19.1. The van der Waals surface area contributed by atoms with Gasteiger partial charge in [-0.1, -0.05) is 11.2 Å². The van der Waals surface area contributed by atoms with E-state index in [-0.39, 0.29) is 5.82 Å². The van der Waals surface area contributed by atoms with Crippen LogP contribution in [0.2, 0.25) is 0 Å². The number of rotatable bonds is 3. The van der Waals surface area contributed by atoms with Crippen LogP contribution in [-0.2, 0) is 6.54 Å². The summed E-state index contributed by atoms with van der Waals surface area (Å²) in [6.45, 7) is 0.471. The number of hydrogen-bond acceptors (Lipinski definition) is 4. The van der Waals surface area contributed by atoms with Crippen molar-refractivity contribution in [3.63, 3.8) is 0 Å². The Morgan fingerprint density at radius 2 is 2.28 bits per heavy atom. The van der Waals surface area contributed by atoms with Crippen LogP contribution in [-0.4, -0.2) is 19.7 Å². The molecule has 6 heteroatoms. The lowest BCUT2D eigenvalue weighted by atomic mass is 10.2. The summed E-state index contributed by atoms with van der Waals surface area (Å²) in [6, 6.07) is 6.04. The summed E-state index contributed by atoms with van der Waals surface area (Å²) >= 11 is 0. The first-order valence-electron chi connectivity index (χ1n) is 5.35. The maximum atomic E-state index is 13.1. The van der Waals surface area contributed by atoms with Crippen LogP contribution in [0.3, 0.4) is 0 Å². The maximum absolute atomic E-state index is 13.1. The molecule has 0 aliphatic carbocycles. The van der Waals surface area contributed by atoms with Crippen molar-refractivity contribution in [2.45, 2.75) is 6.54 Å². The molecular weight excluding hydrogens is 235 g/mol. The van der Waals surface area contributed by atoms with Crippen molar-refractivity contribution in [2.75, 3.05) is 0 Å². The maximum Gasteiger partial charge on any atom is 0.258 e. The van der Waals surface area contributed by atoms with E-state index in [1.54, 1.807) is 30.9 Å². The number of nitrogens with zero attached hydrogens (tertiary/aromatic N) is 4. The van der Waals surface area contributed by atoms with Gasteiger partial charge in [-0.3, -0.25) is 0 Å². The van der Waals surface area contributed by atoms with Crippen LogP contribution in [0.4, 0.5) is 4.39 Å². The molecule has 0 amide bonds. The normalized spacial score (nSPS) is 10.7. The highest BCUT2D eigenvalue weighted by molar-refractivity contribution is 5.52. The first-order chi connectivity index (χ1) is 8.81. The molecule has 5 nitrogen and oxygen atoms in total. The average molecular weight is 244 g/mol. The summed E-state index contributed by atoms with van der Waals surface area (Å²) in [5.74, 6) is 0.499. The van der Waals surface area contributed by atoms with Crippen molar-refractivity contribution >= 4 is 0 Å². The summed E-state index contributed by atoms with van der Waals surface area (Å²) in [4.78, 5) is 8.13. The predicted molar refractivity (Wildman–Crippen MR) is 61.0 cm³/mol. The van der Waals surface area contributed by atoms with Gasteiger partial charge in [0.15, 0.2) is 5.82 Å². The van der Waals surface area contributed by atoms with Crippen LogP contribution >= 0.6 is 0 Å². The average Bonchev–Trinajstić information content (AvgIpc) is 3.01. The molecule has 0 saturated heterocycles. The molecule has 3 aromatic rings. The van der Waals surface area contributed by atoms with E-state index < -0.39 is 0 Å². The fourth-order valence-electron chi connectivity index (χ4n) is 1.60. The number of imidazole rings is 1.